The van der Waals surface area contributed by atoms with E-state index in [0.29, 0.717) is 41.2 Å². The highest BCUT2D eigenvalue weighted by atomic mass is 16.7. The van der Waals surface area contributed by atoms with E-state index in [1.807, 2.05) is 6.07 Å². The SMILES string of the molecule is CCCCCCCCCC(=O)OC(C)OC(=O)N[C@H]1CCc2cc(OC)c(OC)c(OC)c2-c2ccc(OC)c(=O)cc21. The summed E-state index contributed by atoms with van der Waals surface area (Å²) in [4.78, 5) is 38.3. The van der Waals surface area contributed by atoms with Crippen LogP contribution in [-0.4, -0.2) is 46.8 Å². The van der Waals surface area contributed by atoms with Crippen LogP contribution in [0.25, 0.3) is 11.1 Å². The summed E-state index contributed by atoms with van der Waals surface area (Å²) in [6, 6.07) is 6.07. The Bertz CT molecular complexity index is 1310. The van der Waals surface area contributed by atoms with Crippen LogP contribution in [0.5, 0.6) is 23.0 Å². The average Bonchev–Trinajstić information content (AvgIpc) is 3.23. The molecule has 1 aliphatic rings. The van der Waals surface area contributed by atoms with Gasteiger partial charge < -0.3 is 33.7 Å². The van der Waals surface area contributed by atoms with Crippen LogP contribution in [0.3, 0.4) is 0 Å². The lowest BCUT2D eigenvalue weighted by Crippen LogP contribution is -2.33. The normalized spacial score (nSPS) is 14.3. The maximum Gasteiger partial charge on any atom is 0.410 e. The predicted octanol–water partition coefficient (Wildman–Crippen LogP) is 6.49. The van der Waals surface area contributed by atoms with Gasteiger partial charge in [0.25, 0.3) is 0 Å². The number of unbranched alkanes of at least 4 members (excludes halogenated alkanes) is 6. The number of hydrogen-bond donors (Lipinski definition) is 1. The zero-order chi connectivity index (χ0) is 31.4. The van der Waals surface area contributed by atoms with Gasteiger partial charge in [-0.1, -0.05) is 51.5 Å². The van der Waals surface area contributed by atoms with Crippen molar-refractivity contribution in [3.8, 4) is 34.1 Å². The van der Waals surface area contributed by atoms with Gasteiger partial charge in [0.05, 0.1) is 34.5 Å². The molecular formula is C33H45NO9. The quantitative estimate of drug-likeness (QED) is 0.139. The van der Waals surface area contributed by atoms with Gasteiger partial charge in [-0.15, -0.1) is 0 Å². The first-order valence-corrected chi connectivity index (χ1v) is 15.0. The molecular weight excluding hydrogens is 554 g/mol. The molecule has 2 aromatic carbocycles. The van der Waals surface area contributed by atoms with E-state index in [2.05, 4.69) is 12.2 Å². The third kappa shape index (κ3) is 8.78. The van der Waals surface area contributed by atoms with Gasteiger partial charge in [-0.3, -0.25) is 9.59 Å². The van der Waals surface area contributed by atoms with Crippen molar-refractivity contribution < 1.29 is 38.0 Å². The van der Waals surface area contributed by atoms with E-state index in [1.54, 1.807) is 19.2 Å². The Hall–Kier alpha value is -3.95. The molecule has 0 saturated heterocycles. The number of fused-ring (bicyclic) bond motifs is 3. The molecule has 1 unspecified atom stereocenters. The van der Waals surface area contributed by atoms with E-state index in [1.165, 1.54) is 60.0 Å². The van der Waals surface area contributed by atoms with Crippen molar-refractivity contribution in [2.75, 3.05) is 28.4 Å². The first-order valence-electron chi connectivity index (χ1n) is 15.0. The number of nitrogens with one attached hydrogen (secondary N) is 1. The lowest BCUT2D eigenvalue weighted by atomic mass is 9.95. The molecule has 0 heterocycles. The van der Waals surface area contributed by atoms with Gasteiger partial charge >= 0.3 is 12.1 Å². The monoisotopic (exact) mass is 599 g/mol. The largest absolute Gasteiger partial charge is 0.493 e. The Balaban J connectivity index is 1.79. The molecule has 1 aliphatic carbocycles. The second-order valence-electron chi connectivity index (χ2n) is 10.5. The molecule has 0 aromatic heterocycles. The number of alkyl carbamates (subject to hydrolysis) is 1. The summed E-state index contributed by atoms with van der Waals surface area (Å²) in [7, 11) is 6.03. The summed E-state index contributed by atoms with van der Waals surface area (Å²) in [6.07, 6.45) is 7.00. The van der Waals surface area contributed by atoms with Gasteiger partial charge in [-0.05, 0) is 54.2 Å². The Morgan fingerprint density at radius 1 is 0.860 bits per heavy atom. The molecule has 0 aliphatic heterocycles. The summed E-state index contributed by atoms with van der Waals surface area (Å²) in [6.45, 7) is 3.68. The molecule has 0 saturated carbocycles. The van der Waals surface area contributed by atoms with Gasteiger partial charge in [-0.25, -0.2) is 4.79 Å². The lowest BCUT2D eigenvalue weighted by molar-refractivity contribution is -0.165. The van der Waals surface area contributed by atoms with Crippen LogP contribution in [0.2, 0.25) is 0 Å². The number of amides is 1. The minimum absolute atomic E-state index is 0.150. The maximum atomic E-state index is 13.0. The summed E-state index contributed by atoms with van der Waals surface area (Å²) in [5.74, 6) is 1.10. The second-order valence-corrected chi connectivity index (χ2v) is 10.5. The number of rotatable bonds is 15. The third-order valence-electron chi connectivity index (χ3n) is 7.57. The maximum absolute atomic E-state index is 13.0. The van der Waals surface area contributed by atoms with Gasteiger partial charge in [-0.2, -0.15) is 0 Å². The van der Waals surface area contributed by atoms with Crippen LogP contribution in [0, 0.1) is 0 Å². The third-order valence-corrected chi connectivity index (χ3v) is 7.57. The second kappa shape index (κ2) is 16.6. The van der Waals surface area contributed by atoms with E-state index in [0.717, 1.165) is 30.4 Å². The Labute approximate surface area is 254 Å². The molecule has 2 aromatic rings. The zero-order valence-corrected chi connectivity index (χ0v) is 26.2. The first kappa shape index (κ1) is 33.6. The van der Waals surface area contributed by atoms with E-state index < -0.39 is 24.4 Å². The van der Waals surface area contributed by atoms with Gasteiger partial charge in [0.15, 0.2) is 17.2 Å². The van der Waals surface area contributed by atoms with Crippen LogP contribution in [0.4, 0.5) is 4.79 Å². The van der Waals surface area contributed by atoms with Crippen LogP contribution in [0.1, 0.15) is 88.8 Å². The standard InChI is InChI=1S/C33H45NO9/c1-7-8-9-10-11-12-13-14-29(36)42-21(2)43-33(37)34-25-17-15-22-19-28(39-4)31(40-5)32(41-6)30(22)23-16-18-27(38-3)26(35)20-24(23)25/h16,18-21,25H,7-15,17H2,1-6H3,(H,34,37)/t21?,25-/m0/s1. The fraction of sp³-hybridized carbons (Fsp3) is 0.545. The van der Waals surface area contributed by atoms with Crippen molar-refractivity contribution in [3.05, 3.63) is 45.6 Å². The zero-order valence-electron chi connectivity index (χ0n) is 26.2. The number of aryl methyl sites for hydroxylation is 1. The molecule has 0 spiro atoms. The molecule has 236 valence electrons. The van der Waals surface area contributed by atoms with Gasteiger partial charge in [0, 0.05) is 18.9 Å². The van der Waals surface area contributed by atoms with Crippen LogP contribution >= 0.6 is 0 Å². The molecule has 10 nitrogen and oxygen atoms in total. The smallest absolute Gasteiger partial charge is 0.410 e. The molecule has 0 bridgehead atoms. The fourth-order valence-electron chi connectivity index (χ4n) is 5.44. The summed E-state index contributed by atoms with van der Waals surface area (Å²) < 4.78 is 33.0. The van der Waals surface area contributed by atoms with Crippen molar-refractivity contribution in [2.24, 2.45) is 0 Å². The number of carbonyl (C=O) groups is 2. The highest BCUT2D eigenvalue weighted by Gasteiger charge is 2.30. The van der Waals surface area contributed by atoms with Crippen molar-refractivity contribution in [1.29, 1.82) is 0 Å². The Kier molecular flexibility index (Phi) is 13.0. The highest BCUT2D eigenvalue weighted by Crippen LogP contribution is 2.50. The predicted molar refractivity (Wildman–Crippen MR) is 163 cm³/mol. The van der Waals surface area contributed by atoms with E-state index in [9.17, 15) is 14.4 Å². The lowest BCUT2D eigenvalue weighted by Gasteiger charge is -2.21. The van der Waals surface area contributed by atoms with E-state index >= 15 is 0 Å². The van der Waals surface area contributed by atoms with Gasteiger partial charge in [0.2, 0.25) is 17.5 Å². The number of benzene rings is 1. The molecule has 3 rings (SSSR count). The van der Waals surface area contributed by atoms with Crippen LogP contribution < -0.4 is 29.7 Å². The number of ether oxygens (including phenoxy) is 6. The molecule has 10 heteroatoms. The Morgan fingerprint density at radius 2 is 1.53 bits per heavy atom. The van der Waals surface area contributed by atoms with E-state index in [4.69, 9.17) is 28.4 Å². The van der Waals surface area contributed by atoms with E-state index in [-0.39, 0.29) is 17.6 Å². The minimum Gasteiger partial charge on any atom is -0.493 e. The number of hydrogen-bond acceptors (Lipinski definition) is 9. The number of esters is 1. The molecule has 1 N–H and O–H groups in total. The Morgan fingerprint density at radius 3 is 2.19 bits per heavy atom. The topological polar surface area (TPSA) is 119 Å². The van der Waals surface area contributed by atoms with Crippen molar-refractivity contribution in [3.63, 3.8) is 0 Å². The average molecular weight is 600 g/mol. The number of methoxy groups -OCH3 is 4. The molecule has 0 radical (unpaired) electrons. The van der Waals surface area contributed by atoms with Crippen molar-refractivity contribution in [2.45, 2.75) is 90.4 Å². The summed E-state index contributed by atoms with van der Waals surface area (Å²) in [5, 5.41) is 2.87. The summed E-state index contributed by atoms with van der Waals surface area (Å²) >= 11 is 0. The fourth-order valence-corrected chi connectivity index (χ4v) is 5.44. The van der Waals surface area contributed by atoms with Crippen molar-refractivity contribution in [1.82, 2.24) is 5.32 Å². The molecule has 43 heavy (non-hydrogen) atoms. The van der Waals surface area contributed by atoms with Crippen LogP contribution in [0.15, 0.2) is 29.1 Å². The molecule has 1 amide bonds. The van der Waals surface area contributed by atoms with Crippen LogP contribution in [-0.2, 0) is 20.7 Å². The summed E-state index contributed by atoms with van der Waals surface area (Å²) in [5.41, 5.74) is 2.47. The molecule has 0 fully saturated rings. The minimum atomic E-state index is -1.07. The number of carbonyl (C=O) groups excluding carboxylic acids is 2. The highest BCUT2D eigenvalue weighted by molar-refractivity contribution is 5.83. The van der Waals surface area contributed by atoms with Gasteiger partial charge in [0.1, 0.15) is 0 Å². The van der Waals surface area contributed by atoms with Crippen molar-refractivity contribution >= 4 is 12.1 Å². The first-order chi connectivity index (χ1) is 20.8. The molecule has 2 atom stereocenters.